The van der Waals surface area contributed by atoms with Crippen molar-refractivity contribution < 1.29 is 8.91 Å². The lowest BCUT2D eigenvalue weighted by Crippen LogP contribution is -2.34. The highest BCUT2D eigenvalue weighted by molar-refractivity contribution is 5.21. The third kappa shape index (κ3) is 2.72. The van der Waals surface area contributed by atoms with Gasteiger partial charge in [-0.1, -0.05) is 37.2 Å². The number of aromatic nitrogens is 2. The SMILES string of the molecule is CCC(CC)(CN)c1nc(Cc2ccccc2F)no1. The molecule has 4 nitrogen and oxygen atoms in total. The first kappa shape index (κ1) is 14.7. The number of benzene rings is 1. The molecule has 20 heavy (non-hydrogen) atoms. The van der Waals surface area contributed by atoms with Gasteiger partial charge in [-0.3, -0.25) is 0 Å². The summed E-state index contributed by atoms with van der Waals surface area (Å²) in [5, 5.41) is 3.95. The summed E-state index contributed by atoms with van der Waals surface area (Å²) in [6.45, 7) is 4.57. The second-order valence-electron chi connectivity index (χ2n) is 4.98. The van der Waals surface area contributed by atoms with Crippen LogP contribution in [-0.2, 0) is 11.8 Å². The summed E-state index contributed by atoms with van der Waals surface area (Å²) in [5.74, 6) is 0.788. The Kier molecular flexibility index (Phi) is 4.49. The molecule has 5 heteroatoms. The molecule has 0 aliphatic heterocycles. The Hall–Kier alpha value is -1.75. The molecule has 0 bridgehead atoms. The van der Waals surface area contributed by atoms with Crippen LogP contribution in [0.4, 0.5) is 4.39 Å². The molecular formula is C15H20FN3O. The van der Waals surface area contributed by atoms with Crippen molar-refractivity contribution in [3.63, 3.8) is 0 Å². The number of halogens is 1. The van der Waals surface area contributed by atoms with Crippen LogP contribution in [0.1, 0.15) is 44.0 Å². The molecule has 0 atom stereocenters. The van der Waals surface area contributed by atoms with E-state index in [2.05, 4.69) is 24.0 Å². The fraction of sp³-hybridized carbons (Fsp3) is 0.467. The minimum Gasteiger partial charge on any atom is -0.339 e. The summed E-state index contributed by atoms with van der Waals surface area (Å²) in [6.07, 6.45) is 1.99. The van der Waals surface area contributed by atoms with E-state index in [-0.39, 0.29) is 11.2 Å². The molecule has 108 valence electrons. The van der Waals surface area contributed by atoms with Crippen LogP contribution in [0.5, 0.6) is 0 Å². The van der Waals surface area contributed by atoms with Crippen molar-refractivity contribution in [1.82, 2.24) is 10.1 Å². The Bertz CT molecular complexity index is 555. The highest BCUT2D eigenvalue weighted by atomic mass is 19.1. The molecule has 0 amide bonds. The van der Waals surface area contributed by atoms with E-state index >= 15 is 0 Å². The van der Waals surface area contributed by atoms with Gasteiger partial charge in [0.25, 0.3) is 0 Å². The van der Waals surface area contributed by atoms with Gasteiger partial charge in [-0.25, -0.2) is 4.39 Å². The van der Waals surface area contributed by atoms with Gasteiger partial charge in [0.2, 0.25) is 5.89 Å². The first-order chi connectivity index (χ1) is 9.65. The zero-order valence-electron chi connectivity index (χ0n) is 11.9. The zero-order valence-corrected chi connectivity index (χ0v) is 11.9. The van der Waals surface area contributed by atoms with Crippen molar-refractivity contribution in [2.75, 3.05) is 6.54 Å². The maximum absolute atomic E-state index is 13.6. The smallest absolute Gasteiger partial charge is 0.234 e. The van der Waals surface area contributed by atoms with Crippen LogP contribution in [0, 0.1) is 5.82 Å². The van der Waals surface area contributed by atoms with Crippen LogP contribution in [0.3, 0.4) is 0 Å². The summed E-state index contributed by atoms with van der Waals surface area (Å²) in [5.41, 5.74) is 6.14. The van der Waals surface area contributed by atoms with Gasteiger partial charge in [0, 0.05) is 13.0 Å². The second kappa shape index (κ2) is 6.13. The van der Waals surface area contributed by atoms with Crippen molar-refractivity contribution in [3.8, 4) is 0 Å². The Morgan fingerprint density at radius 3 is 2.55 bits per heavy atom. The number of nitrogens with two attached hydrogens (primary N) is 1. The van der Waals surface area contributed by atoms with Crippen LogP contribution >= 0.6 is 0 Å². The average molecular weight is 277 g/mol. The molecule has 0 spiro atoms. The largest absolute Gasteiger partial charge is 0.339 e. The summed E-state index contributed by atoms with van der Waals surface area (Å²) in [4.78, 5) is 4.41. The fourth-order valence-electron chi connectivity index (χ4n) is 2.28. The molecule has 0 aliphatic carbocycles. The molecule has 0 saturated heterocycles. The second-order valence-corrected chi connectivity index (χ2v) is 4.98. The van der Waals surface area contributed by atoms with Crippen molar-refractivity contribution in [2.45, 2.75) is 38.5 Å². The summed E-state index contributed by atoms with van der Waals surface area (Å²) >= 11 is 0. The van der Waals surface area contributed by atoms with Crippen molar-refractivity contribution >= 4 is 0 Å². The molecule has 0 saturated carbocycles. The molecule has 1 aromatic carbocycles. The molecule has 0 fully saturated rings. The molecule has 0 unspecified atom stereocenters. The van der Waals surface area contributed by atoms with Crippen LogP contribution in [-0.4, -0.2) is 16.7 Å². The van der Waals surface area contributed by atoms with E-state index in [1.807, 2.05) is 0 Å². The Morgan fingerprint density at radius 2 is 1.95 bits per heavy atom. The Labute approximate surface area is 118 Å². The third-order valence-corrected chi connectivity index (χ3v) is 3.97. The van der Waals surface area contributed by atoms with Gasteiger partial charge in [-0.15, -0.1) is 0 Å². The quantitative estimate of drug-likeness (QED) is 0.881. The van der Waals surface area contributed by atoms with Gasteiger partial charge >= 0.3 is 0 Å². The Balaban J connectivity index is 2.23. The van der Waals surface area contributed by atoms with Crippen LogP contribution in [0.25, 0.3) is 0 Å². The minimum atomic E-state index is -0.277. The van der Waals surface area contributed by atoms with E-state index in [1.54, 1.807) is 18.2 Å². The van der Waals surface area contributed by atoms with Crippen LogP contribution in [0.15, 0.2) is 28.8 Å². The number of hydrogen-bond acceptors (Lipinski definition) is 4. The first-order valence-corrected chi connectivity index (χ1v) is 6.91. The van der Waals surface area contributed by atoms with Gasteiger partial charge in [0.05, 0.1) is 5.41 Å². The van der Waals surface area contributed by atoms with Crippen molar-refractivity contribution in [3.05, 3.63) is 47.4 Å². The van der Waals surface area contributed by atoms with Crippen LogP contribution in [0.2, 0.25) is 0 Å². The normalized spacial score (nSPS) is 11.8. The summed E-state index contributed by atoms with van der Waals surface area (Å²) in [7, 11) is 0. The van der Waals surface area contributed by atoms with E-state index in [9.17, 15) is 4.39 Å². The van der Waals surface area contributed by atoms with E-state index in [4.69, 9.17) is 10.3 Å². The maximum Gasteiger partial charge on any atom is 0.234 e. The highest BCUT2D eigenvalue weighted by Gasteiger charge is 2.33. The highest BCUT2D eigenvalue weighted by Crippen LogP contribution is 2.29. The zero-order chi connectivity index (χ0) is 14.6. The molecule has 0 radical (unpaired) electrons. The molecule has 2 aromatic rings. The predicted octanol–water partition coefficient (Wildman–Crippen LogP) is 2.82. The minimum absolute atomic E-state index is 0.255. The fourth-order valence-corrected chi connectivity index (χ4v) is 2.28. The van der Waals surface area contributed by atoms with Gasteiger partial charge in [0.1, 0.15) is 5.82 Å². The third-order valence-electron chi connectivity index (χ3n) is 3.97. The monoisotopic (exact) mass is 277 g/mol. The lowest BCUT2D eigenvalue weighted by atomic mass is 9.82. The molecule has 2 rings (SSSR count). The van der Waals surface area contributed by atoms with Gasteiger partial charge in [0.15, 0.2) is 5.82 Å². The van der Waals surface area contributed by atoms with Gasteiger partial charge in [-0.2, -0.15) is 4.98 Å². The lowest BCUT2D eigenvalue weighted by molar-refractivity contribution is 0.266. The van der Waals surface area contributed by atoms with E-state index in [1.165, 1.54) is 6.07 Å². The standard InChI is InChI=1S/C15H20FN3O/c1-3-15(4-2,10-17)14-18-13(19-20-14)9-11-7-5-6-8-12(11)16/h5-8H,3-4,9-10,17H2,1-2H3. The molecule has 2 N–H and O–H groups in total. The average Bonchev–Trinajstić information content (AvgIpc) is 2.93. The number of hydrogen-bond donors (Lipinski definition) is 1. The lowest BCUT2D eigenvalue weighted by Gasteiger charge is -2.24. The molecule has 0 aliphatic rings. The maximum atomic E-state index is 13.6. The predicted molar refractivity (Wildman–Crippen MR) is 74.8 cm³/mol. The Morgan fingerprint density at radius 1 is 1.25 bits per heavy atom. The topological polar surface area (TPSA) is 64.9 Å². The van der Waals surface area contributed by atoms with E-state index in [0.717, 1.165) is 12.8 Å². The van der Waals surface area contributed by atoms with Crippen LogP contribution < -0.4 is 5.73 Å². The molecule has 1 heterocycles. The van der Waals surface area contributed by atoms with E-state index in [0.29, 0.717) is 30.2 Å². The summed E-state index contributed by atoms with van der Waals surface area (Å²) < 4.78 is 19.0. The number of rotatable bonds is 6. The van der Waals surface area contributed by atoms with Crippen molar-refractivity contribution in [1.29, 1.82) is 0 Å². The molecule has 1 aromatic heterocycles. The van der Waals surface area contributed by atoms with E-state index < -0.39 is 0 Å². The molecular weight excluding hydrogens is 257 g/mol. The number of nitrogens with zero attached hydrogens (tertiary/aromatic N) is 2. The summed E-state index contributed by atoms with van der Waals surface area (Å²) in [6, 6.07) is 6.61. The van der Waals surface area contributed by atoms with Gasteiger partial charge < -0.3 is 10.3 Å². The van der Waals surface area contributed by atoms with Gasteiger partial charge in [-0.05, 0) is 24.5 Å². The first-order valence-electron chi connectivity index (χ1n) is 6.91. The van der Waals surface area contributed by atoms with Crippen molar-refractivity contribution in [2.24, 2.45) is 5.73 Å².